The zero-order valence-electron chi connectivity index (χ0n) is 26.7. The molecular formula is C36H35F3N6O4. The van der Waals surface area contributed by atoms with Crippen LogP contribution in [0.2, 0.25) is 0 Å². The third-order valence-corrected chi connectivity index (χ3v) is 8.72. The number of amides is 3. The zero-order valence-corrected chi connectivity index (χ0v) is 26.7. The predicted octanol–water partition coefficient (Wildman–Crippen LogP) is 4.04. The Kier molecular flexibility index (Phi) is 9.39. The predicted molar refractivity (Wildman–Crippen MR) is 176 cm³/mol. The molecule has 3 N–H and O–H groups in total. The number of aliphatic hydroxyl groups excluding tert-OH is 1. The molecule has 0 saturated carbocycles. The highest BCUT2D eigenvalue weighted by Crippen LogP contribution is 2.42. The molecule has 0 bridgehead atoms. The summed E-state index contributed by atoms with van der Waals surface area (Å²) in [5, 5.41) is 19.8. The summed E-state index contributed by atoms with van der Waals surface area (Å²) in [6.45, 7) is 7.35. The van der Waals surface area contributed by atoms with Crippen LogP contribution < -0.4 is 15.5 Å². The molecule has 1 fully saturated rings. The van der Waals surface area contributed by atoms with Crippen LogP contribution in [-0.4, -0.2) is 75.8 Å². The molecule has 254 valence electrons. The SMILES string of the molecule is C=C(CN1CC(O)C1)C(=O)NCc1cccc([C@@H]2c3cnn(-c4ccccc4)c3N(CC)C(=O)[C@H]2NC(=O)c2cccc(C(F)(F)F)c2)c1. The number of fused-ring (bicyclic) bond motifs is 1. The highest BCUT2D eigenvalue weighted by Gasteiger charge is 2.44. The molecule has 13 heteroatoms. The summed E-state index contributed by atoms with van der Waals surface area (Å²) in [5.41, 5.74) is 1.83. The van der Waals surface area contributed by atoms with Crippen LogP contribution in [0.4, 0.5) is 19.0 Å². The van der Waals surface area contributed by atoms with Gasteiger partial charge in [0, 0.05) is 55.3 Å². The molecule has 49 heavy (non-hydrogen) atoms. The number of likely N-dealkylation sites (N-methyl/N-ethyl adjacent to an activating group) is 1. The number of β-amino-alcohol motifs (C(OH)–C–C–N with tert-alkyl or cyclic N) is 1. The molecule has 10 nitrogen and oxygen atoms in total. The maximum atomic E-state index is 14.3. The molecule has 2 atom stereocenters. The number of likely N-dealkylation sites (tertiary alicyclic amines) is 1. The molecule has 6 rings (SSSR count). The second kappa shape index (κ2) is 13.7. The average molecular weight is 673 g/mol. The fraction of sp³-hybridized carbons (Fsp3) is 0.278. The lowest BCUT2D eigenvalue weighted by Gasteiger charge is -2.38. The van der Waals surface area contributed by atoms with Crippen LogP contribution in [0.15, 0.2) is 97.2 Å². The fourth-order valence-corrected chi connectivity index (χ4v) is 6.30. The van der Waals surface area contributed by atoms with Crippen molar-refractivity contribution in [3.8, 4) is 5.69 Å². The van der Waals surface area contributed by atoms with Gasteiger partial charge in [-0.15, -0.1) is 0 Å². The molecule has 3 aromatic carbocycles. The monoisotopic (exact) mass is 672 g/mol. The number of hydrogen-bond acceptors (Lipinski definition) is 6. The van der Waals surface area contributed by atoms with Crippen molar-refractivity contribution in [2.45, 2.75) is 37.7 Å². The summed E-state index contributed by atoms with van der Waals surface area (Å²) < 4.78 is 42.1. The lowest BCUT2D eigenvalue weighted by Crippen LogP contribution is -2.55. The largest absolute Gasteiger partial charge is 0.416 e. The molecular weight excluding hydrogens is 637 g/mol. The Balaban J connectivity index is 1.34. The zero-order chi connectivity index (χ0) is 34.9. The van der Waals surface area contributed by atoms with Crippen LogP contribution in [0.5, 0.6) is 0 Å². The number of para-hydroxylation sites is 1. The van der Waals surface area contributed by atoms with Gasteiger partial charge in [0.1, 0.15) is 11.9 Å². The van der Waals surface area contributed by atoms with E-state index in [-0.39, 0.29) is 24.6 Å². The molecule has 0 unspecified atom stereocenters. The molecule has 1 aromatic heterocycles. The quantitative estimate of drug-likeness (QED) is 0.219. The van der Waals surface area contributed by atoms with Crippen molar-refractivity contribution in [2.75, 3.05) is 31.1 Å². The smallest absolute Gasteiger partial charge is 0.390 e. The van der Waals surface area contributed by atoms with Crippen LogP contribution in [0.25, 0.3) is 5.69 Å². The Labute approximate surface area is 280 Å². The van der Waals surface area contributed by atoms with E-state index in [2.05, 4.69) is 22.3 Å². The molecule has 2 aliphatic heterocycles. The van der Waals surface area contributed by atoms with Gasteiger partial charge in [0.15, 0.2) is 0 Å². The van der Waals surface area contributed by atoms with E-state index in [9.17, 15) is 32.7 Å². The maximum Gasteiger partial charge on any atom is 0.416 e. The van der Waals surface area contributed by atoms with Crippen LogP contribution in [0, 0.1) is 0 Å². The minimum atomic E-state index is -4.65. The fourth-order valence-electron chi connectivity index (χ4n) is 6.30. The number of hydrogen-bond donors (Lipinski definition) is 3. The Morgan fingerprint density at radius 2 is 1.76 bits per heavy atom. The standard InChI is InChI=1S/C36H35F3N6O4/c1-3-44-34-29(18-41-45(34)27-13-5-4-6-14-27)30(31(35(44)49)42-33(48)25-11-8-12-26(16-25)36(37,38)39)24-10-7-9-23(15-24)17-40-32(47)22(2)19-43-20-28(46)21-43/h4-16,18,28,30-31,46H,2-3,17,19-21H2,1H3,(H,40,47)(H,42,48)/t30-,31+/m1/s1. The highest BCUT2D eigenvalue weighted by molar-refractivity contribution is 6.05. The summed E-state index contributed by atoms with van der Waals surface area (Å²) in [5.74, 6) is -1.89. The van der Waals surface area contributed by atoms with E-state index < -0.39 is 41.6 Å². The Bertz CT molecular complexity index is 1890. The molecule has 4 aromatic rings. The van der Waals surface area contributed by atoms with Gasteiger partial charge in [0.25, 0.3) is 11.8 Å². The first-order valence-corrected chi connectivity index (χ1v) is 15.8. The Morgan fingerprint density at radius 1 is 1.02 bits per heavy atom. The van der Waals surface area contributed by atoms with E-state index in [0.29, 0.717) is 53.4 Å². The van der Waals surface area contributed by atoms with Crippen LogP contribution in [0.3, 0.4) is 0 Å². The van der Waals surface area contributed by atoms with Crippen LogP contribution >= 0.6 is 0 Å². The minimum absolute atomic E-state index is 0.146. The molecule has 2 aliphatic rings. The second-order valence-electron chi connectivity index (χ2n) is 12.1. The first-order valence-electron chi connectivity index (χ1n) is 15.8. The van der Waals surface area contributed by atoms with Gasteiger partial charge in [0.2, 0.25) is 5.91 Å². The third kappa shape index (κ3) is 6.99. The van der Waals surface area contributed by atoms with E-state index >= 15 is 0 Å². The number of benzene rings is 3. The van der Waals surface area contributed by atoms with Crippen molar-refractivity contribution >= 4 is 23.5 Å². The number of anilines is 1. The average Bonchev–Trinajstić information content (AvgIpc) is 3.51. The third-order valence-electron chi connectivity index (χ3n) is 8.72. The van der Waals surface area contributed by atoms with Gasteiger partial charge in [-0.1, -0.05) is 55.1 Å². The normalized spacial score (nSPS) is 18.1. The van der Waals surface area contributed by atoms with Crippen molar-refractivity contribution in [1.29, 1.82) is 0 Å². The van der Waals surface area contributed by atoms with Gasteiger partial charge in [-0.3, -0.25) is 24.2 Å². The number of carbonyl (C=O) groups is 3. The van der Waals surface area contributed by atoms with Crippen molar-refractivity contribution in [3.63, 3.8) is 0 Å². The summed E-state index contributed by atoms with van der Waals surface area (Å²) in [4.78, 5) is 44.0. The van der Waals surface area contributed by atoms with E-state index in [1.54, 1.807) is 29.9 Å². The number of carbonyl (C=O) groups excluding carboxylic acids is 3. The van der Waals surface area contributed by atoms with E-state index in [1.165, 1.54) is 11.0 Å². The van der Waals surface area contributed by atoms with Crippen molar-refractivity contribution in [3.05, 3.63) is 125 Å². The van der Waals surface area contributed by atoms with Gasteiger partial charge in [-0.25, -0.2) is 4.68 Å². The lowest BCUT2D eigenvalue weighted by molar-refractivity contribution is -0.137. The summed E-state index contributed by atoms with van der Waals surface area (Å²) in [7, 11) is 0. The van der Waals surface area contributed by atoms with E-state index in [4.69, 9.17) is 0 Å². The molecule has 3 amide bonds. The number of halogens is 3. The van der Waals surface area contributed by atoms with Crippen LogP contribution in [-0.2, 0) is 22.3 Å². The minimum Gasteiger partial charge on any atom is -0.390 e. The summed E-state index contributed by atoms with van der Waals surface area (Å²) in [6.07, 6.45) is -3.41. The number of nitrogens with one attached hydrogen (secondary N) is 2. The topological polar surface area (TPSA) is 120 Å². The van der Waals surface area contributed by atoms with Gasteiger partial charge < -0.3 is 15.7 Å². The maximum absolute atomic E-state index is 14.3. The first-order chi connectivity index (χ1) is 23.4. The summed E-state index contributed by atoms with van der Waals surface area (Å²) >= 11 is 0. The number of rotatable bonds is 10. The number of aliphatic hydroxyl groups is 1. The van der Waals surface area contributed by atoms with Crippen molar-refractivity contribution < 1.29 is 32.7 Å². The van der Waals surface area contributed by atoms with Crippen LogP contribution in [0.1, 0.15) is 45.5 Å². The highest BCUT2D eigenvalue weighted by atomic mass is 19.4. The lowest BCUT2D eigenvalue weighted by atomic mass is 9.81. The summed E-state index contributed by atoms with van der Waals surface area (Å²) in [6, 6.07) is 19.3. The van der Waals surface area contributed by atoms with Gasteiger partial charge in [0.05, 0.1) is 23.6 Å². The second-order valence-corrected chi connectivity index (χ2v) is 12.1. The van der Waals surface area contributed by atoms with Gasteiger partial charge in [-0.05, 0) is 48.4 Å². The molecule has 0 aliphatic carbocycles. The first kappa shape index (κ1) is 33.6. The molecule has 0 radical (unpaired) electrons. The Morgan fingerprint density at radius 3 is 2.45 bits per heavy atom. The molecule has 1 saturated heterocycles. The van der Waals surface area contributed by atoms with Gasteiger partial charge >= 0.3 is 6.18 Å². The number of alkyl halides is 3. The number of aromatic nitrogens is 2. The van der Waals surface area contributed by atoms with Crippen molar-refractivity contribution in [2.24, 2.45) is 0 Å². The Hall–Kier alpha value is -5.27. The van der Waals surface area contributed by atoms with E-state index in [1.807, 2.05) is 47.4 Å². The van der Waals surface area contributed by atoms with Crippen molar-refractivity contribution in [1.82, 2.24) is 25.3 Å². The molecule has 3 heterocycles. The number of nitrogens with zero attached hydrogens (tertiary/aromatic N) is 4. The molecule has 0 spiro atoms. The van der Waals surface area contributed by atoms with E-state index in [0.717, 1.165) is 18.2 Å². The van der Waals surface area contributed by atoms with Gasteiger partial charge in [-0.2, -0.15) is 18.3 Å².